The molecule has 0 saturated heterocycles. The van der Waals surface area contributed by atoms with Crippen LogP contribution in [0, 0.1) is 0 Å². The Balaban J connectivity index is 2.19. The molecule has 0 spiro atoms. The molecular weight excluding hydrogens is 258 g/mol. The third-order valence-electron chi connectivity index (χ3n) is 3.28. The van der Waals surface area contributed by atoms with Gasteiger partial charge in [0.2, 0.25) is 5.75 Å². The molecule has 1 heterocycles. The van der Waals surface area contributed by atoms with Crippen LogP contribution in [0.4, 0.5) is 0 Å². The molecule has 2 rings (SSSR count). The summed E-state index contributed by atoms with van der Waals surface area (Å²) in [4.78, 5) is 6.49. The molecule has 6 heteroatoms. The molecule has 0 unspecified atom stereocenters. The Labute approximate surface area is 119 Å². The van der Waals surface area contributed by atoms with Gasteiger partial charge in [-0.05, 0) is 12.1 Å². The molecule has 0 bridgehead atoms. The van der Waals surface area contributed by atoms with E-state index in [1.54, 1.807) is 21.3 Å². The molecule has 0 aliphatic carbocycles. The molecule has 1 N–H and O–H groups in total. The van der Waals surface area contributed by atoms with Crippen LogP contribution in [-0.4, -0.2) is 52.3 Å². The van der Waals surface area contributed by atoms with Crippen molar-refractivity contribution in [1.82, 2.24) is 10.2 Å². The van der Waals surface area contributed by atoms with Crippen molar-refractivity contribution in [2.24, 2.45) is 4.99 Å². The molecule has 0 fully saturated rings. The molecule has 20 heavy (non-hydrogen) atoms. The van der Waals surface area contributed by atoms with Crippen molar-refractivity contribution in [3.05, 3.63) is 17.7 Å². The zero-order valence-corrected chi connectivity index (χ0v) is 12.4. The smallest absolute Gasteiger partial charge is 0.203 e. The highest BCUT2D eigenvalue weighted by atomic mass is 16.5. The summed E-state index contributed by atoms with van der Waals surface area (Å²) in [5.41, 5.74) is 0.994. The van der Waals surface area contributed by atoms with Crippen molar-refractivity contribution < 1.29 is 14.2 Å². The number of aliphatic imine (C=N–C) groups is 1. The van der Waals surface area contributed by atoms with Gasteiger partial charge in [-0.1, -0.05) is 0 Å². The van der Waals surface area contributed by atoms with Crippen LogP contribution in [0.3, 0.4) is 0 Å². The second-order valence-electron chi connectivity index (χ2n) is 4.47. The van der Waals surface area contributed by atoms with Gasteiger partial charge in [0.25, 0.3) is 0 Å². The molecule has 1 aromatic rings. The number of likely N-dealkylation sites (N-methyl/N-ethyl adjacent to an activating group) is 1. The maximum absolute atomic E-state index is 5.45. The van der Waals surface area contributed by atoms with Gasteiger partial charge < -0.3 is 24.4 Å². The van der Waals surface area contributed by atoms with Gasteiger partial charge in [0.05, 0.1) is 27.9 Å². The molecular formula is C14H21N3O3. The number of nitrogens with zero attached hydrogens (tertiary/aromatic N) is 2. The Morgan fingerprint density at radius 2 is 1.90 bits per heavy atom. The van der Waals surface area contributed by atoms with Crippen LogP contribution < -0.4 is 19.5 Å². The molecule has 0 aromatic heterocycles. The molecule has 0 atom stereocenters. The van der Waals surface area contributed by atoms with Crippen molar-refractivity contribution in [3.63, 3.8) is 0 Å². The van der Waals surface area contributed by atoms with Crippen molar-refractivity contribution in [2.75, 3.05) is 41.5 Å². The topological polar surface area (TPSA) is 55.3 Å². The van der Waals surface area contributed by atoms with Gasteiger partial charge in [0.15, 0.2) is 17.5 Å². The Hall–Kier alpha value is -2.11. The van der Waals surface area contributed by atoms with Crippen molar-refractivity contribution >= 4 is 5.96 Å². The first-order chi connectivity index (χ1) is 9.71. The van der Waals surface area contributed by atoms with E-state index in [-0.39, 0.29) is 0 Å². The van der Waals surface area contributed by atoms with Gasteiger partial charge in [-0.15, -0.1) is 0 Å². The molecule has 0 radical (unpaired) electrons. The van der Waals surface area contributed by atoms with E-state index in [0.29, 0.717) is 23.8 Å². The monoisotopic (exact) mass is 279 g/mol. The number of ether oxygens (including phenoxy) is 3. The molecule has 0 amide bonds. The second-order valence-corrected chi connectivity index (χ2v) is 4.47. The average molecular weight is 279 g/mol. The SMILES string of the molecule is COc1ccc(CNC2=NCCN2C)c(OC)c1OC. The average Bonchev–Trinajstić information content (AvgIpc) is 2.89. The number of benzene rings is 1. The summed E-state index contributed by atoms with van der Waals surface area (Å²) in [6.07, 6.45) is 0. The van der Waals surface area contributed by atoms with E-state index in [4.69, 9.17) is 14.2 Å². The zero-order chi connectivity index (χ0) is 14.5. The zero-order valence-electron chi connectivity index (χ0n) is 12.4. The van der Waals surface area contributed by atoms with Crippen molar-refractivity contribution in [2.45, 2.75) is 6.54 Å². The predicted molar refractivity (Wildman–Crippen MR) is 77.9 cm³/mol. The van der Waals surface area contributed by atoms with Gasteiger partial charge in [-0.2, -0.15) is 0 Å². The minimum absolute atomic E-state index is 0.607. The van der Waals surface area contributed by atoms with Gasteiger partial charge in [-0.3, -0.25) is 4.99 Å². The molecule has 1 aliphatic heterocycles. The highest BCUT2D eigenvalue weighted by Crippen LogP contribution is 2.39. The standard InChI is InChI=1S/C14H21N3O3/c1-17-8-7-15-14(17)16-9-10-5-6-11(18-2)13(20-4)12(10)19-3/h5-6H,7-9H2,1-4H3,(H,15,16). The summed E-state index contributed by atoms with van der Waals surface area (Å²) in [7, 11) is 6.86. The van der Waals surface area contributed by atoms with Crippen LogP contribution in [0.5, 0.6) is 17.2 Å². The van der Waals surface area contributed by atoms with Crippen LogP contribution in [0.2, 0.25) is 0 Å². The van der Waals surface area contributed by atoms with Crippen LogP contribution in [0.1, 0.15) is 5.56 Å². The van der Waals surface area contributed by atoms with E-state index in [1.165, 1.54) is 0 Å². The number of guanidine groups is 1. The summed E-state index contributed by atoms with van der Waals surface area (Å²) >= 11 is 0. The van der Waals surface area contributed by atoms with Gasteiger partial charge >= 0.3 is 0 Å². The van der Waals surface area contributed by atoms with Crippen molar-refractivity contribution in [1.29, 1.82) is 0 Å². The Morgan fingerprint density at radius 1 is 1.15 bits per heavy atom. The van der Waals surface area contributed by atoms with Crippen LogP contribution in [0.25, 0.3) is 0 Å². The fourth-order valence-electron chi connectivity index (χ4n) is 2.20. The first-order valence-corrected chi connectivity index (χ1v) is 6.48. The normalized spacial score (nSPS) is 14.0. The lowest BCUT2D eigenvalue weighted by Crippen LogP contribution is -2.35. The Kier molecular flexibility index (Phi) is 4.55. The van der Waals surface area contributed by atoms with Crippen LogP contribution in [-0.2, 0) is 6.54 Å². The van der Waals surface area contributed by atoms with E-state index in [0.717, 1.165) is 24.6 Å². The van der Waals surface area contributed by atoms with Gasteiger partial charge in [0, 0.05) is 25.7 Å². The summed E-state index contributed by atoms with van der Waals surface area (Å²) < 4.78 is 16.1. The van der Waals surface area contributed by atoms with Gasteiger partial charge in [0.1, 0.15) is 0 Å². The summed E-state index contributed by atoms with van der Waals surface area (Å²) in [6, 6.07) is 3.83. The first kappa shape index (κ1) is 14.3. The quantitative estimate of drug-likeness (QED) is 0.875. The highest BCUT2D eigenvalue weighted by Gasteiger charge is 2.17. The Bertz CT molecular complexity index is 503. The van der Waals surface area contributed by atoms with Gasteiger partial charge in [-0.25, -0.2) is 0 Å². The second kappa shape index (κ2) is 6.36. The lowest BCUT2D eigenvalue weighted by Gasteiger charge is -2.18. The van der Waals surface area contributed by atoms with Crippen LogP contribution in [0.15, 0.2) is 17.1 Å². The maximum atomic E-state index is 5.45. The predicted octanol–water partition coefficient (Wildman–Crippen LogP) is 1.10. The minimum atomic E-state index is 0.607. The molecule has 1 aliphatic rings. The maximum Gasteiger partial charge on any atom is 0.203 e. The summed E-state index contributed by atoms with van der Waals surface area (Å²) in [5.74, 6) is 2.85. The summed E-state index contributed by atoms with van der Waals surface area (Å²) in [5, 5.41) is 3.31. The molecule has 1 aromatic carbocycles. The van der Waals surface area contributed by atoms with E-state index < -0.39 is 0 Å². The third kappa shape index (κ3) is 2.74. The van der Waals surface area contributed by atoms with E-state index >= 15 is 0 Å². The summed E-state index contributed by atoms with van der Waals surface area (Å²) in [6.45, 7) is 2.40. The fraction of sp³-hybridized carbons (Fsp3) is 0.500. The number of nitrogens with one attached hydrogen (secondary N) is 1. The number of hydrogen-bond acceptors (Lipinski definition) is 6. The van der Waals surface area contributed by atoms with E-state index in [9.17, 15) is 0 Å². The third-order valence-corrected chi connectivity index (χ3v) is 3.28. The lowest BCUT2D eigenvalue weighted by molar-refractivity contribution is 0.322. The Morgan fingerprint density at radius 3 is 2.45 bits per heavy atom. The molecule has 110 valence electrons. The first-order valence-electron chi connectivity index (χ1n) is 6.48. The highest BCUT2D eigenvalue weighted by molar-refractivity contribution is 5.81. The number of methoxy groups -OCH3 is 3. The molecule has 6 nitrogen and oxygen atoms in total. The largest absolute Gasteiger partial charge is 0.493 e. The van der Waals surface area contributed by atoms with Crippen LogP contribution >= 0.6 is 0 Å². The fourth-order valence-corrected chi connectivity index (χ4v) is 2.20. The molecule has 0 saturated carbocycles. The lowest BCUT2D eigenvalue weighted by atomic mass is 10.1. The van der Waals surface area contributed by atoms with E-state index in [2.05, 4.69) is 15.2 Å². The number of rotatable bonds is 5. The van der Waals surface area contributed by atoms with Crippen molar-refractivity contribution in [3.8, 4) is 17.2 Å². The minimum Gasteiger partial charge on any atom is -0.493 e. The number of hydrogen-bond donors (Lipinski definition) is 1. The van der Waals surface area contributed by atoms with E-state index in [1.807, 2.05) is 19.2 Å².